The average Bonchev–Trinajstić information content (AvgIpc) is 2.58. The molecule has 0 fully saturated rings. The first-order valence-corrected chi connectivity index (χ1v) is 6.88. The number of carbonyl (C=O) groups is 1. The average molecular weight is 272 g/mol. The molecule has 7 heteroatoms. The van der Waals surface area contributed by atoms with Gasteiger partial charge in [-0.1, -0.05) is 25.6 Å². The lowest BCUT2D eigenvalue weighted by atomic mass is 10.2. The Morgan fingerprint density at radius 1 is 1.50 bits per heavy atom. The Balaban J connectivity index is 2.44. The highest BCUT2D eigenvalue weighted by molar-refractivity contribution is 7.99. The number of aliphatic carboxylic acids is 1. The molecule has 0 saturated carbocycles. The van der Waals surface area contributed by atoms with Crippen LogP contribution in [0, 0.1) is 6.92 Å². The van der Waals surface area contributed by atoms with Gasteiger partial charge in [-0.15, -0.1) is 10.2 Å². The van der Waals surface area contributed by atoms with E-state index in [1.165, 1.54) is 11.8 Å². The fraction of sp³-hybridized carbons (Fsp3) is 0.727. The lowest BCUT2D eigenvalue weighted by Crippen LogP contribution is -2.41. The molecule has 1 unspecified atom stereocenters. The molecule has 0 amide bonds. The number of rotatable bonds is 7. The van der Waals surface area contributed by atoms with E-state index in [0.29, 0.717) is 12.2 Å². The zero-order valence-electron chi connectivity index (χ0n) is 11.2. The molecule has 1 heterocycles. The summed E-state index contributed by atoms with van der Waals surface area (Å²) in [6.07, 6.45) is 0.560. The Morgan fingerprint density at radius 3 is 2.61 bits per heavy atom. The van der Waals surface area contributed by atoms with Gasteiger partial charge in [0.1, 0.15) is 11.9 Å². The minimum absolute atomic E-state index is 0.160. The van der Waals surface area contributed by atoms with Gasteiger partial charge < -0.3 is 15.0 Å². The maximum atomic E-state index is 11.0. The van der Waals surface area contributed by atoms with Gasteiger partial charge in [0.15, 0.2) is 5.16 Å². The first-order valence-electron chi connectivity index (χ1n) is 5.89. The van der Waals surface area contributed by atoms with Crippen LogP contribution in [0.1, 0.15) is 26.1 Å². The number of nitrogens with one attached hydrogen (secondary N) is 1. The van der Waals surface area contributed by atoms with E-state index in [-0.39, 0.29) is 6.04 Å². The Labute approximate surface area is 111 Å². The number of aryl methyl sites for hydroxylation is 1. The second kappa shape index (κ2) is 6.75. The van der Waals surface area contributed by atoms with Crippen LogP contribution in [0.15, 0.2) is 5.16 Å². The van der Waals surface area contributed by atoms with Gasteiger partial charge in [-0.25, -0.2) is 0 Å². The van der Waals surface area contributed by atoms with E-state index in [1.807, 2.05) is 32.4 Å². The zero-order chi connectivity index (χ0) is 13.7. The minimum atomic E-state index is -0.807. The third-order valence-electron chi connectivity index (χ3n) is 2.52. The molecule has 0 aliphatic rings. The Kier molecular flexibility index (Phi) is 5.61. The van der Waals surface area contributed by atoms with Crippen molar-refractivity contribution in [2.24, 2.45) is 7.05 Å². The molecule has 0 radical (unpaired) electrons. The van der Waals surface area contributed by atoms with Crippen LogP contribution < -0.4 is 5.32 Å². The first-order chi connectivity index (χ1) is 8.41. The second-order valence-electron chi connectivity index (χ2n) is 4.44. The van der Waals surface area contributed by atoms with Crippen molar-refractivity contribution < 1.29 is 9.90 Å². The van der Waals surface area contributed by atoms with Crippen LogP contribution in [0.2, 0.25) is 0 Å². The van der Waals surface area contributed by atoms with Gasteiger partial charge in [-0.3, -0.25) is 4.79 Å². The van der Waals surface area contributed by atoms with E-state index < -0.39 is 12.0 Å². The lowest BCUT2D eigenvalue weighted by molar-refractivity contribution is -0.139. The van der Waals surface area contributed by atoms with Crippen molar-refractivity contribution in [1.82, 2.24) is 20.1 Å². The van der Waals surface area contributed by atoms with Gasteiger partial charge >= 0.3 is 5.97 Å². The van der Waals surface area contributed by atoms with Crippen LogP contribution in [-0.4, -0.2) is 43.7 Å². The molecule has 0 aliphatic carbocycles. The van der Waals surface area contributed by atoms with Crippen LogP contribution >= 0.6 is 11.8 Å². The second-order valence-corrected chi connectivity index (χ2v) is 5.50. The van der Waals surface area contributed by atoms with Gasteiger partial charge in [0.05, 0.1) is 0 Å². The minimum Gasteiger partial charge on any atom is -0.480 e. The molecule has 0 spiro atoms. The summed E-state index contributed by atoms with van der Waals surface area (Å²) in [5.41, 5.74) is 0. The van der Waals surface area contributed by atoms with Gasteiger partial charge in [0, 0.05) is 18.8 Å². The van der Waals surface area contributed by atoms with E-state index in [4.69, 9.17) is 5.11 Å². The normalized spacial score (nSPS) is 12.9. The number of nitrogens with zero attached hydrogens (tertiary/aromatic N) is 3. The number of carboxylic acid groups (broad SMARTS) is 1. The van der Waals surface area contributed by atoms with Crippen molar-refractivity contribution in [1.29, 1.82) is 0 Å². The van der Waals surface area contributed by atoms with Gasteiger partial charge in [0.2, 0.25) is 0 Å². The summed E-state index contributed by atoms with van der Waals surface area (Å²) in [5.74, 6) is 0.744. The van der Waals surface area contributed by atoms with Crippen LogP contribution in [-0.2, 0) is 11.8 Å². The molecule has 0 bridgehead atoms. The molecule has 2 N–H and O–H groups in total. The largest absolute Gasteiger partial charge is 0.480 e. The molecule has 1 atom stereocenters. The summed E-state index contributed by atoms with van der Waals surface area (Å²) in [5, 5.41) is 20.9. The predicted octanol–water partition coefficient (Wildman–Crippen LogP) is 1.06. The Bertz CT molecular complexity index is 406. The van der Waals surface area contributed by atoms with Crippen LogP contribution in [0.3, 0.4) is 0 Å². The Hall–Kier alpha value is -1.08. The zero-order valence-corrected chi connectivity index (χ0v) is 12.0. The van der Waals surface area contributed by atoms with Crippen molar-refractivity contribution in [3.8, 4) is 0 Å². The number of thioether (sulfide) groups is 1. The molecule has 1 aromatic heterocycles. The summed E-state index contributed by atoms with van der Waals surface area (Å²) in [6.45, 7) is 5.77. The van der Waals surface area contributed by atoms with Crippen molar-refractivity contribution in [2.75, 3.05) is 5.75 Å². The molecule has 6 nitrogen and oxygen atoms in total. The van der Waals surface area contributed by atoms with Crippen molar-refractivity contribution >= 4 is 17.7 Å². The summed E-state index contributed by atoms with van der Waals surface area (Å²) >= 11 is 1.53. The SMILES string of the molecule is Cc1nnc(SCCC(NC(C)C)C(=O)O)n1C. The Morgan fingerprint density at radius 2 is 2.17 bits per heavy atom. The van der Waals surface area contributed by atoms with E-state index in [2.05, 4.69) is 15.5 Å². The number of hydrogen-bond acceptors (Lipinski definition) is 5. The van der Waals surface area contributed by atoms with E-state index >= 15 is 0 Å². The monoisotopic (exact) mass is 272 g/mol. The molecular weight excluding hydrogens is 252 g/mol. The van der Waals surface area contributed by atoms with Crippen LogP contribution in [0.5, 0.6) is 0 Å². The number of carboxylic acids is 1. The highest BCUT2D eigenvalue weighted by Gasteiger charge is 2.18. The fourth-order valence-electron chi connectivity index (χ4n) is 1.46. The van der Waals surface area contributed by atoms with Gasteiger partial charge in [-0.2, -0.15) is 0 Å². The van der Waals surface area contributed by atoms with Gasteiger partial charge in [0.25, 0.3) is 0 Å². The van der Waals surface area contributed by atoms with E-state index in [0.717, 1.165) is 11.0 Å². The topological polar surface area (TPSA) is 80.0 Å². The fourth-order valence-corrected chi connectivity index (χ4v) is 2.42. The van der Waals surface area contributed by atoms with E-state index in [9.17, 15) is 4.79 Å². The highest BCUT2D eigenvalue weighted by Crippen LogP contribution is 2.17. The third kappa shape index (κ3) is 4.30. The quantitative estimate of drug-likeness (QED) is 0.722. The molecule has 1 rings (SSSR count). The van der Waals surface area contributed by atoms with Crippen molar-refractivity contribution in [3.63, 3.8) is 0 Å². The smallest absolute Gasteiger partial charge is 0.320 e. The number of aromatic nitrogens is 3. The molecule has 0 aromatic carbocycles. The maximum absolute atomic E-state index is 11.0. The number of hydrogen-bond donors (Lipinski definition) is 2. The summed E-state index contributed by atoms with van der Waals surface area (Å²) < 4.78 is 1.90. The van der Waals surface area contributed by atoms with Crippen LogP contribution in [0.4, 0.5) is 0 Å². The van der Waals surface area contributed by atoms with Crippen LogP contribution in [0.25, 0.3) is 0 Å². The third-order valence-corrected chi connectivity index (χ3v) is 3.58. The summed E-state index contributed by atoms with van der Waals surface area (Å²) in [7, 11) is 1.90. The van der Waals surface area contributed by atoms with Crippen molar-refractivity contribution in [3.05, 3.63) is 5.82 Å². The molecule has 102 valence electrons. The molecule has 18 heavy (non-hydrogen) atoms. The lowest BCUT2D eigenvalue weighted by Gasteiger charge is -2.16. The first kappa shape index (κ1) is 15.0. The molecule has 0 saturated heterocycles. The molecule has 1 aromatic rings. The van der Waals surface area contributed by atoms with Crippen molar-refractivity contribution in [2.45, 2.75) is 44.4 Å². The summed E-state index contributed by atoms with van der Waals surface area (Å²) in [4.78, 5) is 11.0. The highest BCUT2D eigenvalue weighted by atomic mass is 32.2. The summed E-state index contributed by atoms with van der Waals surface area (Å²) in [6, 6.07) is -0.347. The molecular formula is C11H20N4O2S. The molecule has 0 aliphatic heterocycles. The maximum Gasteiger partial charge on any atom is 0.320 e. The van der Waals surface area contributed by atoms with Gasteiger partial charge in [-0.05, 0) is 13.3 Å². The predicted molar refractivity (Wildman–Crippen MR) is 70.8 cm³/mol. The standard InChI is InChI=1S/C11H20N4O2S/c1-7(2)12-9(10(16)17)5-6-18-11-14-13-8(3)15(11)4/h7,9,12H,5-6H2,1-4H3,(H,16,17). The van der Waals surface area contributed by atoms with E-state index in [1.54, 1.807) is 0 Å².